The fourth-order valence-electron chi connectivity index (χ4n) is 2.34. The van der Waals surface area contributed by atoms with Gasteiger partial charge >= 0.3 is 6.18 Å². The van der Waals surface area contributed by atoms with Gasteiger partial charge in [0, 0.05) is 4.47 Å². The fourth-order valence-corrected chi connectivity index (χ4v) is 2.60. The number of aromatic hydroxyl groups is 1. The normalized spacial score (nSPS) is 11.5. The molecule has 25 heavy (non-hydrogen) atoms. The molecule has 0 atom stereocenters. The van der Waals surface area contributed by atoms with E-state index in [-0.39, 0.29) is 11.1 Å². The smallest absolute Gasteiger partial charge is 0.433 e. The van der Waals surface area contributed by atoms with Gasteiger partial charge in [0.1, 0.15) is 17.5 Å². The van der Waals surface area contributed by atoms with Crippen molar-refractivity contribution < 1.29 is 18.3 Å². The van der Waals surface area contributed by atoms with Crippen LogP contribution in [0.4, 0.5) is 13.2 Å². The predicted octanol–water partition coefficient (Wildman–Crippen LogP) is 3.74. The van der Waals surface area contributed by atoms with E-state index in [0.717, 1.165) is 10.6 Å². The summed E-state index contributed by atoms with van der Waals surface area (Å²) in [5.74, 6) is -0.697. The number of alkyl halides is 3. The second-order valence-electron chi connectivity index (χ2n) is 5.02. The lowest BCUT2D eigenvalue weighted by molar-refractivity contribution is -0.141. The highest BCUT2D eigenvalue weighted by Crippen LogP contribution is 2.32. The first-order valence-electron chi connectivity index (χ1n) is 6.76. The topological polar surface area (TPSA) is 78.9 Å². The molecule has 0 unspecified atom stereocenters. The first kappa shape index (κ1) is 17.0. The van der Waals surface area contributed by atoms with Crippen molar-refractivity contribution in [3.05, 3.63) is 62.5 Å². The summed E-state index contributed by atoms with van der Waals surface area (Å²) in [6, 6.07) is 9.36. The van der Waals surface area contributed by atoms with Crippen molar-refractivity contribution in [2.75, 3.05) is 0 Å². The number of fused-ring (bicyclic) bond motifs is 1. The Bertz CT molecular complexity index is 1080. The van der Waals surface area contributed by atoms with Crippen molar-refractivity contribution >= 4 is 27.0 Å². The maximum Gasteiger partial charge on any atom is 0.433 e. The van der Waals surface area contributed by atoms with E-state index in [1.807, 2.05) is 0 Å². The Morgan fingerprint density at radius 1 is 1.16 bits per heavy atom. The van der Waals surface area contributed by atoms with E-state index in [1.54, 1.807) is 18.2 Å². The van der Waals surface area contributed by atoms with Crippen LogP contribution in [0.3, 0.4) is 0 Å². The Morgan fingerprint density at radius 3 is 2.36 bits per heavy atom. The largest absolute Gasteiger partial charge is 0.506 e. The molecule has 2 aromatic heterocycles. The molecule has 0 radical (unpaired) electrons. The number of aromatic nitrogens is 2. The third-order valence-electron chi connectivity index (χ3n) is 3.48. The molecule has 126 valence electrons. The molecule has 0 spiro atoms. The van der Waals surface area contributed by atoms with Crippen molar-refractivity contribution in [2.24, 2.45) is 0 Å². The zero-order valence-electron chi connectivity index (χ0n) is 12.2. The lowest BCUT2D eigenvalue weighted by Gasteiger charge is -2.14. The molecule has 0 aliphatic heterocycles. The molecule has 0 aliphatic carbocycles. The van der Waals surface area contributed by atoms with E-state index in [1.165, 1.54) is 12.1 Å². The molecule has 0 amide bonds. The number of halogens is 4. The summed E-state index contributed by atoms with van der Waals surface area (Å²) in [5, 5.41) is 19.1. The van der Waals surface area contributed by atoms with Crippen LogP contribution in [-0.4, -0.2) is 14.7 Å². The minimum Gasteiger partial charge on any atom is -0.506 e. The molecular formula is C16H7BrF3N3O2. The summed E-state index contributed by atoms with van der Waals surface area (Å²) in [5.41, 5.74) is -2.92. The number of hydrogen-bond acceptors (Lipinski definition) is 4. The van der Waals surface area contributed by atoms with Gasteiger partial charge in [-0.3, -0.25) is 9.36 Å². The first-order valence-corrected chi connectivity index (χ1v) is 7.55. The molecule has 9 heteroatoms. The number of rotatable bonds is 1. The van der Waals surface area contributed by atoms with E-state index in [4.69, 9.17) is 5.26 Å². The highest BCUT2D eigenvalue weighted by atomic mass is 79.9. The summed E-state index contributed by atoms with van der Waals surface area (Å²) in [7, 11) is 0. The maximum absolute atomic E-state index is 13.0. The molecule has 1 aromatic carbocycles. The molecule has 5 nitrogen and oxygen atoms in total. The average Bonchev–Trinajstić information content (AvgIpc) is 2.56. The second kappa shape index (κ2) is 5.89. The number of benzene rings is 1. The van der Waals surface area contributed by atoms with Crippen molar-refractivity contribution in [1.82, 2.24) is 9.55 Å². The van der Waals surface area contributed by atoms with Crippen LogP contribution in [0.25, 0.3) is 16.7 Å². The molecule has 0 aliphatic rings. The van der Waals surface area contributed by atoms with Crippen LogP contribution in [0.5, 0.6) is 5.75 Å². The van der Waals surface area contributed by atoms with E-state index < -0.39 is 34.4 Å². The van der Waals surface area contributed by atoms with E-state index in [9.17, 15) is 23.1 Å². The van der Waals surface area contributed by atoms with Gasteiger partial charge in [-0.2, -0.15) is 18.4 Å². The Labute approximate surface area is 146 Å². The van der Waals surface area contributed by atoms with E-state index in [0.29, 0.717) is 10.5 Å². The van der Waals surface area contributed by atoms with Gasteiger partial charge in [-0.15, -0.1) is 0 Å². The van der Waals surface area contributed by atoms with Crippen molar-refractivity contribution in [2.45, 2.75) is 6.18 Å². The predicted molar refractivity (Wildman–Crippen MR) is 86.4 cm³/mol. The number of nitrogens with zero attached hydrogens (tertiary/aromatic N) is 3. The Kier molecular flexibility index (Phi) is 4.00. The zero-order valence-corrected chi connectivity index (χ0v) is 13.8. The monoisotopic (exact) mass is 409 g/mol. The van der Waals surface area contributed by atoms with Crippen LogP contribution in [0.15, 0.2) is 45.7 Å². The Balaban J connectivity index is 2.49. The third kappa shape index (κ3) is 2.85. The van der Waals surface area contributed by atoms with E-state index >= 15 is 0 Å². The van der Waals surface area contributed by atoms with Crippen LogP contribution in [0.1, 0.15) is 11.3 Å². The Morgan fingerprint density at radius 2 is 1.80 bits per heavy atom. The molecule has 3 rings (SSSR count). The molecule has 3 aromatic rings. The highest BCUT2D eigenvalue weighted by Gasteiger charge is 2.33. The van der Waals surface area contributed by atoms with Crippen LogP contribution in [0, 0.1) is 11.3 Å². The lowest BCUT2D eigenvalue weighted by atomic mass is 10.1. The van der Waals surface area contributed by atoms with Crippen LogP contribution >= 0.6 is 15.9 Å². The number of nitriles is 1. The van der Waals surface area contributed by atoms with Crippen molar-refractivity contribution in [3.63, 3.8) is 0 Å². The molecular weight excluding hydrogens is 403 g/mol. The first-order chi connectivity index (χ1) is 11.7. The average molecular weight is 410 g/mol. The molecule has 2 heterocycles. The van der Waals surface area contributed by atoms with Gasteiger partial charge in [0.25, 0.3) is 5.56 Å². The molecule has 0 saturated carbocycles. The third-order valence-corrected chi connectivity index (χ3v) is 4.01. The zero-order chi connectivity index (χ0) is 18.4. The maximum atomic E-state index is 13.0. The van der Waals surface area contributed by atoms with Gasteiger partial charge in [-0.05, 0) is 36.4 Å². The van der Waals surface area contributed by atoms with Crippen LogP contribution < -0.4 is 5.56 Å². The Hall–Kier alpha value is -2.86. The minimum absolute atomic E-state index is 0.132. The standard InChI is InChI=1S/C16H7BrF3N3O2/c17-8-1-3-9(4-2-8)23-14-10(13(24)11(7-21)15(23)25)5-6-12(22-14)16(18,19)20/h1-6,24H. The summed E-state index contributed by atoms with van der Waals surface area (Å²) in [4.78, 5) is 16.0. The van der Waals surface area contributed by atoms with Crippen molar-refractivity contribution in [1.29, 1.82) is 5.26 Å². The van der Waals surface area contributed by atoms with Gasteiger partial charge in [-0.1, -0.05) is 15.9 Å². The van der Waals surface area contributed by atoms with Gasteiger partial charge in [0.05, 0.1) is 11.1 Å². The van der Waals surface area contributed by atoms with Gasteiger partial charge < -0.3 is 5.11 Å². The molecule has 1 N–H and O–H groups in total. The van der Waals surface area contributed by atoms with Gasteiger partial charge in [-0.25, -0.2) is 4.98 Å². The number of pyridine rings is 2. The second-order valence-corrected chi connectivity index (χ2v) is 5.93. The molecule has 0 fully saturated rings. The highest BCUT2D eigenvalue weighted by molar-refractivity contribution is 9.10. The van der Waals surface area contributed by atoms with Crippen molar-refractivity contribution in [3.8, 4) is 17.5 Å². The SMILES string of the molecule is N#Cc1c(O)c2ccc(C(F)(F)F)nc2n(-c2ccc(Br)cc2)c1=O. The van der Waals surface area contributed by atoms with Gasteiger partial charge in [0.15, 0.2) is 11.2 Å². The van der Waals surface area contributed by atoms with Crippen LogP contribution in [-0.2, 0) is 6.18 Å². The van der Waals surface area contributed by atoms with Crippen LogP contribution in [0.2, 0.25) is 0 Å². The summed E-state index contributed by atoms with van der Waals surface area (Å²) in [6.07, 6.45) is -4.72. The fraction of sp³-hybridized carbons (Fsp3) is 0.0625. The quantitative estimate of drug-likeness (QED) is 0.663. The lowest BCUT2D eigenvalue weighted by Crippen LogP contribution is -2.23. The minimum atomic E-state index is -4.72. The molecule has 0 saturated heterocycles. The van der Waals surface area contributed by atoms with E-state index in [2.05, 4.69) is 20.9 Å². The summed E-state index contributed by atoms with van der Waals surface area (Å²) >= 11 is 3.22. The van der Waals surface area contributed by atoms with Gasteiger partial charge in [0.2, 0.25) is 0 Å². The molecule has 0 bridgehead atoms. The number of hydrogen-bond donors (Lipinski definition) is 1. The summed E-state index contributed by atoms with van der Waals surface area (Å²) in [6.45, 7) is 0. The summed E-state index contributed by atoms with van der Waals surface area (Å²) < 4.78 is 40.5.